The van der Waals surface area contributed by atoms with Crippen LogP contribution in [0.1, 0.15) is 23.6 Å². The normalized spacial score (nSPS) is 11.0. The van der Waals surface area contributed by atoms with Gasteiger partial charge in [-0.3, -0.25) is 4.79 Å². The van der Waals surface area contributed by atoms with E-state index in [0.717, 1.165) is 34.2 Å². The Morgan fingerprint density at radius 1 is 1.06 bits per heavy atom. The van der Waals surface area contributed by atoms with Gasteiger partial charge in [-0.05, 0) is 79.4 Å². The van der Waals surface area contributed by atoms with Crippen LogP contribution >= 0.6 is 11.6 Å². The molecule has 0 aliphatic rings. The van der Waals surface area contributed by atoms with Gasteiger partial charge in [-0.1, -0.05) is 30.7 Å². The molecule has 0 unspecified atom stereocenters. The van der Waals surface area contributed by atoms with Gasteiger partial charge in [0.15, 0.2) is 12.2 Å². The van der Waals surface area contributed by atoms with E-state index in [0.29, 0.717) is 22.4 Å². The van der Waals surface area contributed by atoms with Crippen LogP contribution in [0.25, 0.3) is 22.6 Å². The second-order valence-corrected chi connectivity index (χ2v) is 7.94. The largest absolute Gasteiger partial charge is 0.484 e. The van der Waals surface area contributed by atoms with Crippen molar-refractivity contribution in [3.8, 4) is 17.2 Å². The lowest BCUT2D eigenvalue weighted by molar-refractivity contribution is -0.118. The van der Waals surface area contributed by atoms with Crippen molar-refractivity contribution in [1.82, 2.24) is 4.98 Å². The van der Waals surface area contributed by atoms with Gasteiger partial charge >= 0.3 is 0 Å². The van der Waals surface area contributed by atoms with Crippen LogP contribution in [0.2, 0.25) is 5.02 Å². The minimum atomic E-state index is -0.302. The highest BCUT2D eigenvalue weighted by Gasteiger charge is 2.13. The first-order chi connectivity index (χ1) is 14.9. The van der Waals surface area contributed by atoms with Gasteiger partial charge in [0, 0.05) is 5.56 Å². The maximum Gasteiger partial charge on any atom is 0.262 e. The Balaban J connectivity index is 1.50. The van der Waals surface area contributed by atoms with Crippen LogP contribution in [0.4, 0.5) is 5.69 Å². The van der Waals surface area contributed by atoms with Gasteiger partial charge in [0.05, 0.1) is 10.7 Å². The fourth-order valence-corrected chi connectivity index (χ4v) is 3.59. The van der Waals surface area contributed by atoms with E-state index in [4.69, 9.17) is 20.8 Å². The predicted octanol–water partition coefficient (Wildman–Crippen LogP) is 6.34. The second-order valence-electron chi connectivity index (χ2n) is 7.53. The van der Waals surface area contributed by atoms with E-state index in [9.17, 15) is 4.79 Å². The number of fused-ring (bicyclic) bond motifs is 1. The van der Waals surface area contributed by atoms with Gasteiger partial charge < -0.3 is 14.5 Å². The Labute approximate surface area is 186 Å². The number of hydrogen-bond donors (Lipinski definition) is 1. The topological polar surface area (TPSA) is 64.4 Å². The molecule has 0 aliphatic carbocycles. The summed E-state index contributed by atoms with van der Waals surface area (Å²) in [4.78, 5) is 17.0. The molecule has 1 amide bonds. The number of oxazole rings is 1. The smallest absolute Gasteiger partial charge is 0.262 e. The molecule has 1 aromatic heterocycles. The molecule has 6 heteroatoms. The molecule has 0 saturated carbocycles. The number of halogens is 1. The first-order valence-electron chi connectivity index (χ1n) is 10.1. The van der Waals surface area contributed by atoms with Crippen molar-refractivity contribution in [2.45, 2.75) is 27.2 Å². The van der Waals surface area contributed by atoms with E-state index in [1.165, 1.54) is 5.56 Å². The third-order valence-electron chi connectivity index (χ3n) is 4.91. The van der Waals surface area contributed by atoms with Crippen LogP contribution in [0, 0.1) is 13.8 Å². The number of carbonyl (C=O) groups is 1. The molecule has 31 heavy (non-hydrogen) atoms. The van der Waals surface area contributed by atoms with Crippen molar-refractivity contribution in [2.75, 3.05) is 11.9 Å². The molecular formula is C25H23ClN2O3. The van der Waals surface area contributed by atoms with Crippen LogP contribution in [-0.2, 0) is 11.2 Å². The zero-order valence-corrected chi connectivity index (χ0v) is 18.4. The Hall–Kier alpha value is -3.31. The lowest BCUT2D eigenvalue weighted by Gasteiger charge is -2.10. The quantitative estimate of drug-likeness (QED) is 0.384. The summed E-state index contributed by atoms with van der Waals surface area (Å²) >= 11 is 6.30. The Kier molecular flexibility index (Phi) is 5.96. The molecule has 0 atom stereocenters. The first-order valence-corrected chi connectivity index (χ1v) is 10.5. The monoisotopic (exact) mass is 434 g/mol. The van der Waals surface area contributed by atoms with Crippen molar-refractivity contribution < 1.29 is 13.9 Å². The van der Waals surface area contributed by atoms with E-state index >= 15 is 0 Å². The first kappa shape index (κ1) is 20.9. The van der Waals surface area contributed by atoms with Gasteiger partial charge in [-0.25, -0.2) is 4.98 Å². The van der Waals surface area contributed by atoms with E-state index in [2.05, 4.69) is 17.2 Å². The summed E-state index contributed by atoms with van der Waals surface area (Å²) in [5, 5.41) is 3.23. The summed E-state index contributed by atoms with van der Waals surface area (Å²) in [6, 6.07) is 17.1. The van der Waals surface area contributed by atoms with Crippen LogP contribution < -0.4 is 10.1 Å². The standard InChI is InChI=1S/C25H23ClN2O3/c1-4-17-5-8-23-22(12-17)28-25(31-23)18-6-7-20(26)21(13-18)27-24(29)14-30-19-10-15(2)9-16(3)11-19/h5-13H,4,14H2,1-3H3,(H,27,29). The number of aryl methyl sites for hydroxylation is 3. The van der Waals surface area contributed by atoms with Crippen molar-refractivity contribution >= 4 is 34.3 Å². The van der Waals surface area contributed by atoms with Gasteiger partial charge in [0.1, 0.15) is 11.3 Å². The molecule has 0 saturated heterocycles. The molecule has 0 bridgehead atoms. The number of nitrogens with zero attached hydrogens (tertiary/aromatic N) is 1. The maximum absolute atomic E-state index is 12.4. The van der Waals surface area contributed by atoms with E-state index < -0.39 is 0 Å². The summed E-state index contributed by atoms with van der Waals surface area (Å²) in [7, 11) is 0. The highest BCUT2D eigenvalue weighted by Crippen LogP contribution is 2.31. The summed E-state index contributed by atoms with van der Waals surface area (Å²) in [5.41, 5.74) is 6.08. The Bertz CT molecular complexity index is 1240. The number of nitrogens with one attached hydrogen (secondary N) is 1. The fraction of sp³-hybridized carbons (Fsp3) is 0.200. The molecule has 0 fully saturated rings. The number of amides is 1. The molecule has 0 spiro atoms. The summed E-state index contributed by atoms with van der Waals surface area (Å²) in [6.07, 6.45) is 0.930. The number of anilines is 1. The van der Waals surface area contributed by atoms with Crippen LogP contribution in [0.15, 0.2) is 59.0 Å². The van der Waals surface area contributed by atoms with Crippen LogP contribution in [0.3, 0.4) is 0 Å². The third-order valence-corrected chi connectivity index (χ3v) is 5.24. The number of aromatic nitrogens is 1. The van der Waals surface area contributed by atoms with Crippen molar-refractivity contribution in [1.29, 1.82) is 0 Å². The van der Waals surface area contributed by atoms with E-state index in [-0.39, 0.29) is 12.5 Å². The van der Waals surface area contributed by atoms with E-state index in [1.807, 2.05) is 56.3 Å². The fourth-order valence-electron chi connectivity index (χ4n) is 3.42. The molecule has 4 aromatic rings. The number of rotatable bonds is 6. The average molecular weight is 435 g/mol. The molecule has 5 nitrogen and oxygen atoms in total. The van der Waals surface area contributed by atoms with Crippen molar-refractivity contribution in [2.24, 2.45) is 0 Å². The minimum Gasteiger partial charge on any atom is -0.484 e. The summed E-state index contributed by atoms with van der Waals surface area (Å²) in [6.45, 7) is 5.95. The van der Waals surface area contributed by atoms with Crippen molar-refractivity contribution in [3.63, 3.8) is 0 Å². The van der Waals surface area contributed by atoms with Crippen molar-refractivity contribution in [3.05, 3.63) is 76.3 Å². The lowest BCUT2D eigenvalue weighted by atomic mass is 10.1. The third kappa shape index (κ3) is 4.89. The molecule has 3 aromatic carbocycles. The number of ether oxygens (including phenoxy) is 1. The lowest BCUT2D eigenvalue weighted by Crippen LogP contribution is -2.20. The number of hydrogen-bond acceptors (Lipinski definition) is 4. The Morgan fingerprint density at radius 2 is 1.84 bits per heavy atom. The maximum atomic E-state index is 12.4. The van der Waals surface area contributed by atoms with Gasteiger partial charge in [-0.15, -0.1) is 0 Å². The molecule has 158 valence electrons. The number of carbonyl (C=O) groups excluding carboxylic acids is 1. The predicted molar refractivity (Wildman–Crippen MR) is 124 cm³/mol. The summed E-state index contributed by atoms with van der Waals surface area (Å²) < 4.78 is 11.5. The average Bonchev–Trinajstić information content (AvgIpc) is 3.16. The number of benzene rings is 3. The molecule has 4 rings (SSSR count). The van der Waals surface area contributed by atoms with Crippen LogP contribution in [-0.4, -0.2) is 17.5 Å². The van der Waals surface area contributed by atoms with Gasteiger partial charge in [0.2, 0.25) is 5.89 Å². The van der Waals surface area contributed by atoms with Gasteiger partial charge in [0.25, 0.3) is 5.91 Å². The molecule has 0 aliphatic heterocycles. The van der Waals surface area contributed by atoms with Gasteiger partial charge in [-0.2, -0.15) is 0 Å². The molecule has 0 radical (unpaired) electrons. The zero-order valence-electron chi connectivity index (χ0n) is 17.7. The molecule has 1 N–H and O–H groups in total. The Morgan fingerprint density at radius 3 is 2.58 bits per heavy atom. The second kappa shape index (κ2) is 8.82. The van der Waals surface area contributed by atoms with E-state index in [1.54, 1.807) is 12.1 Å². The summed E-state index contributed by atoms with van der Waals surface area (Å²) in [5.74, 6) is 0.829. The highest BCUT2D eigenvalue weighted by atomic mass is 35.5. The zero-order chi connectivity index (χ0) is 22.0. The minimum absolute atomic E-state index is 0.119. The van der Waals surface area contributed by atoms with Crippen LogP contribution in [0.5, 0.6) is 5.75 Å². The highest BCUT2D eigenvalue weighted by molar-refractivity contribution is 6.33. The molecule has 1 heterocycles. The molecular weight excluding hydrogens is 412 g/mol. The SMILES string of the molecule is CCc1ccc2oc(-c3ccc(Cl)c(NC(=O)COc4cc(C)cc(C)c4)c3)nc2c1.